The lowest BCUT2D eigenvalue weighted by Crippen LogP contribution is -2.06. The SMILES string of the molecule is CCCNc1nc(C(OC)c2ccccc2)ns1. The van der Waals surface area contributed by atoms with Crippen molar-refractivity contribution in [1.29, 1.82) is 0 Å². The molecule has 0 saturated carbocycles. The largest absolute Gasteiger partial charge is 0.369 e. The van der Waals surface area contributed by atoms with Gasteiger partial charge in [0.05, 0.1) is 0 Å². The Kier molecular flexibility index (Phi) is 4.66. The summed E-state index contributed by atoms with van der Waals surface area (Å²) in [5, 5.41) is 4.09. The van der Waals surface area contributed by atoms with Gasteiger partial charge in [-0.2, -0.15) is 4.37 Å². The minimum absolute atomic E-state index is 0.195. The second kappa shape index (κ2) is 6.47. The summed E-state index contributed by atoms with van der Waals surface area (Å²) in [4.78, 5) is 4.47. The van der Waals surface area contributed by atoms with Crippen LogP contribution in [0.25, 0.3) is 0 Å². The zero-order chi connectivity index (χ0) is 12.8. The molecule has 0 aliphatic carbocycles. The molecule has 0 fully saturated rings. The van der Waals surface area contributed by atoms with Gasteiger partial charge >= 0.3 is 0 Å². The lowest BCUT2D eigenvalue weighted by atomic mass is 10.1. The fourth-order valence-electron chi connectivity index (χ4n) is 1.66. The molecule has 2 rings (SSSR count). The van der Waals surface area contributed by atoms with Gasteiger partial charge in [0, 0.05) is 25.2 Å². The van der Waals surface area contributed by atoms with Crippen LogP contribution in [0.1, 0.15) is 30.8 Å². The number of ether oxygens (including phenoxy) is 1. The van der Waals surface area contributed by atoms with Gasteiger partial charge in [0.15, 0.2) is 5.82 Å². The smallest absolute Gasteiger partial charge is 0.202 e. The van der Waals surface area contributed by atoms with Crippen LogP contribution in [0.5, 0.6) is 0 Å². The Balaban J connectivity index is 2.15. The van der Waals surface area contributed by atoms with Gasteiger partial charge in [0.2, 0.25) is 5.13 Å². The van der Waals surface area contributed by atoms with Crippen LogP contribution in [0.15, 0.2) is 30.3 Å². The maximum Gasteiger partial charge on any atom is 0.202 e. The molecule has 1 atom stereocenters. The lowest BCUT2D eigenvalue weighted by Gasteiger charge is -2.11. The molecule has 0 radical (unpaired) electrons. The Morgan fingerprint density at radius 1 is 1.33 bits per heavy atom. The van der Waals surface area contributed by atoms with Gasteiger partial charge in [0.25, 0.3) is 0 Å². The van der Waals surface area contributed by atoms with E-state index >= 15 is 0 Å². The normalized spacial score (nSPS) is 12.3. The molecule has 1 N–H and O–H groups in total. The van der Waals surface area contributed by atoms with E-state index in [1.807, 2.05) is 30.3 Å². The highest BCUT2D eigenvalue weighted by Gasteiger charge is 2.18. The maximum atomic E-state index is 5.49. The number of hydrogen-bond acceptors (Lipinski definition) is 5. The number of anilines is 1. The van der Waals surface area contributed by atoms with Crippen molar-refractivity contribution in [2.75, 3.05) is 19.0 Å². The van der Waals surface area contributed by atoms with E-state index in [4.69, 9.17) is 4.74 Å². The molecule has 1 aromatic heterocycles. The predicted octanol–water partition coefficient (Wildman–Crippen LogP) is 3.10. The van der Waals surface area contributed by atoms with E-state index in [0.717, 1.165) is 23.7 Å². The van der Waals surface area contributed by atoms with Crippen molar-refractivity contribution in [3.63, 3.8) is 0 Å². The van der Waals surface area contributed by atoms with Crippen molar-refractivity contribution < 1.29 is 4.74 Å². The minimum atomic E-state index is -0.195. The summed E-state index contributed by atoms with van der Waals surface area (Å²) in [7, 11) is 1.68. The first-order valence-corrected chi connectivity index (χ1v) is 6.77. The Hall–Kier alpha value is -1.46. The van der Waals surface area contributed by atoms with Gasteiger partial charge in [-0.25, -0.2) is 4.98 Å². The molecule has 96 valence electrons. The summed E-state index contributed by atoms with van der Waals surface area (Å²) in [5.74, 6) is 0.715. The molecule has 1 aromatic carbocycles. The second-order valence-electron chi connectivity index (χ2n) is 3.91. The molecule has 0 aliphatic heterocycles. The third-order valence-corrected chi connectivity index (χ3v) is 3.23. The van der Waals surface area contributed by atoms with Gasteiger partial charge in [-0.1, -0.05) is 37.3 Å². The van der Waals surface area contributed by atoms with Gasteiger partial charge in [-0.05, 0) is 12.0 Å². The molecule has 2 aromatic rings. The number of nitrogens with zero attached hydrogens (tertiary/aromatic N) is 2. The Morgan fingerprint density at radius 3 is 2.78 bits per heavy atom. The number of aromatic nitrogens is 2. The monoisotopic (exact) mass is 263 g/mol. The Bertz CT molecular complexity index is 472. The van der Waals surface area contributed by atoms with E-state index in [1.165, 1.54) is 11.5 Å². The number of benzene rings is 1. The van der Waals surface area contributed by atoms with Gasteiger partial charge in [-0.15, -0.1) is 0 Å². The fourth-order valence-corrected chi connectivity index (χ4v) is 2.28. The van der Waals surface area contributed by atoms with Crippen molar-refractivity contribution in [2.24, 2.45) is 0 Å². The van der Waals surface area contributed by atoms with Crippen LogP contribution >= 0.6 is 11.5 Å². The van der Waals surface area contributed by atoms with Crippen LogP contribution in [-0.2, 0) is 4.74 Å². The Labute approximate surface area is 111 Å². The van der Waals surface area contributed by atoms with E-state index in [2.05, 4.69) is 21.6 Å². The molecule has 0 bridgehead atoms. The second-order valence-corrected chi connectivity index (χ2v) is 4.66. The van der Waals surface area contributed by atoms with Gasteiger partial charge < -0.3 is 10.1 Å². The van der Waals surface area contributed by atoms with Crippen LogP contribution in [0.4, 0.5) is 5.13 Å². The number of nitrogens with one attached hydrogen (secondary N) is 1. The zero-order valence-electron chi connectivity index (χ0n) is 10.6. The molecular weight excluding hydrogens is 246 g/mol. The summed E-state index contributed by atoms with van der Waals surface area (Å²) in [6, 6.07) is 10.0. The average Bonchev–Trinajstić information content (AvgIpc) is 2.87. The molecule has 1 unspecified atom stereocenters. The van der Waals surface area contributed by atoms with Crippen molar-refractivity contribution in [2.45, 2.75) is 19.4 Å². The van der Waals surface area contributed by atoms with Crippen LogP contribution in [0.3, 0.4) is 0 Å². The zero-order valence-corrected chi connectivity index (χ0v) is 11.4. The Morgan fingerprint density at radius 2 is 2.11 bits per heavy atom. The van der Waals surface area contributed by atoms with E-state index < -0.39 is 0 Å². The fraction of sp³-hybridized carbons (Fsp3) is 0.385. The topological polar surface area (TPSA) is 47.0 Å². The molecule has 0 spiro atoms. The quantitative estimate of drug-likeness (QED) is 0.870. The molecule has 0 aliphatic rings. The summed E-state index contributed by atoms with van der Waals surface area (Å²) in [6.07, 6.45) is 0.876. The summed E-state index contributed by atoms with van der Waals surface area (Å²) in [6.45, 7) is 3.04. The predicted molar refractivity (Wildman–Crippen MR) is 74.0 cm³/mol. The van der Waals surface area contributed by atoms with E-state index in [-0.39, 0.29) is 6.10 Å². The first kappa shape index (κ1) is 13.0. The molecule has 18 heavy (non-hydrogen) atoms. The number of rotatable bonds is 6. The maximum absolute atomic E-state index is 5.49. The minimum Gasteiger partial charge on any atom is -0.369 e. The van der Waals surface area contributed by atoms with E-state index in [1.54, 1.807) is 7.11 Å². The van der Waals surface area contributed by atoms with Gasteiger partial charge in [-0.3, -0.25) is 0 Å². The van der Waals surface area contributed by atoms with Crippen LogP contribution in [0, 0.1) is 0 Å². The highest BCUT2D eigenvalue weighted by Crippen LogP contribution is 2.25. The molecule has 0 saturated heterocycles. The highest BCUT2D eigenvalue weighted by molar-refractivity contribution is 7.09. The van der Waals surface area contributed by atoms with Crippen molar-refractivity contribution in [1.82, 2.24) is 9.36 Å². The van der Waals surface area contributed by atoms with Crippen molar-refractivity contribution in [3.05, 3.63) is 41.7 Å². The number of hydrogen-bond donors (Lipinski definition) is 1. The third-order valence-electron chi connectivity index (χ3n) is 2.54. The first-order chi connectivity index (χ1) is 8.85. The third kappa shape index (κ3) is 3.05. The average molecular weight is 263 g/mol. The molecule has 4 nitrogen and oxygen atoms in total. The lowest BCUT2D eigenvalue weighted by molar-refractivity contribution is 0.130. The first-order valence-electron chi connectivity index (χ1n) is 6.00. The highest BCUT2D eigenvalue weighted by atomic mass is 32.1. The number of methoxy groups -OCH3 is 1. The van der Waals surface area contributed by atoms with Crippen molar-refractivity contribution >= 4 is 16.7 Å². The molecule has 0 amide bonds. The molecule has 5 heteroatoms. The summed E-state index contributed by atoms with van der Waals surface area (Å²) < 4.78 is 9.85. The van der Waals surface area contributed by atoms with E-state index in [0.29, 0.717) is 5.82 Å². The van der Waals surface area contributed by atoms with Crippen LogP contribution < -0.4 is 5.32 Å². The van der Waals surface area contributed by atoms with Crippen LogP contribution in [0.2, 0.25) is 0 Å². The van der Waals surface area contributed by atoms with Crippen LogP contribution in [-0.4, -0.2) is 23.0 Å². The standard InChI is InChI=1S/C13H17N3OS/c1-3-9-14-13-15-12(16-18-13)11(17-2)10-7-5-4-6-8-10/h4-8,11H,3,9H2,1-2H3,(H,14,15,16). The van der Waals surface area contributed by atoms with Gasteiger partial charge in [0.1, 0.15) is 6.10 Å². The molecular formula is C13H17N3OS. The molecule has 1 heterocycles. The van der Waals surface area contributed by atoms with E-state index in [9.17, 15) is 0 Å². The van der Waals surface area contributed by atoms with Crippen molar-refractivity contribution in [3.8, 4) is 0 Å². The summed E-state index contributed by atoms with van der Waals surface area (Å²) in [5.41, 5.74) is 1.07. The summed E-state index contributed by atoms with van der Waals surface area (Å²) >= 11 is 1.38.